The molecule has 1 aromatic heterocycles. The van der Waals surface area contributed by atoms with E-state index in [9.17, 15) is 4.79 Å². The summed E-state index contributed by atoms with van der Waals surface area (Å²) < 4.78 is 5.16. The van der Waals surface area contributed by atoms with Gasteiger partial charge in [0.25, 0.3) is 0 Å². The molecule has 16 heavy (non-hydrogen) atoms. The average Bonchev–Trinajstić information content (AvgIpc) is 2.62. The molecule has 0 atom stereocenters. The van der Waals surface area contributed by atoms with Gasteiger partial charge >= 0.3 is 0 Å². The summed E-state index contributed by atoms with van der Waals surface area (Å²) in [5.74, 6) is 0.827. The number of hydrogen-bond donors (Lipinski definition) is 1. The smallest absolute Gasteiger partial charge is 0.227 e. The number of carbonyl (C=O) groups excluding carboxylic acids is 1. The zero-order chi connectivity index (χ0) is 11.2. The van der Waals surface area contributed by atoms with Crippen molar-refractivity contribution >= 4 is 5.91 Å². The molecule has 0 radical (unpaired) electrons. The van der Waals surface area contributed by atoms with E-state index in [-0.39, 0.29) is 5.91 Å². The molecule has 1 aliphatic carbocycles. The molecule has 88 valence electrons. The number of hydrogen-bond acceptors (Lipinski definition) is 2. The minimum Gasteiger partial charge on any atom is -0.469 e. The van der Waals surface area contributed by atoms with Gasteiger partial charge in [0.05, 0.1) is 12.7 Å². The summed E-state index contributed by atoms with van der Waals surface area (Å²) in [7, 11) is 0. The Kier molecular flexibility index (Phi) is 4.03. The van der Waals surface area contributed by atoms with Crippen molar-refractivity contribution in [2.75, 3.05) is 0 Å². The summed E-state index contributed by atoms with van der Waals surface area (Å²) in [6.07, 6.45) is 9.33. The van der Waals surface area contributed by atoms with Crippen molar-refractivity contribution in [3.05, 3.63) is 24.2 Å². The van der Waals surface area contributed by atoms with Crippen LogP contribution in [0.25, 0.3) is 0 Å². The van der Waals surface area contributed by atoms with Gasteiger partial charge in [-0.05, 0) is 25.0 Å². The molecule has 3 nitrogen and oxygen atoms in total. The fraction of sp³-hybridized carbons (Fsp3) is 0.615. The highest BCUT2D eigenvalue weighted by Gasteiger charge is 2.15. The second-order valence-corrected chi connectivity index (χ2v) is 4.51. The molecule has 1 fully saturated rings. The molecule has 3 heteroatoms. The highest BCUT2D eigenvalue weighted by Crippen LogP contribution is 2.17. The van der Waals surface area contributed by atoms with E-state index in [4.69, 9.17) is 4.42 Å². The highest BCUT2D eigenvalue weighted by atomic mass is 16.3. The van der Waals surface area contributed by atoms with Gasteiger partial charge in [0, 0.05) is 6.04 Å². The van der Waals surface area contributed by atoms with Crippen LogP contribution in [-0.2, 0) is 11.2 Å². The Balaban J connectivity index is 1.77. The average molecular weight is 221 g/mol. The molecular weight excluding hydrogens is 202 g/mol. The molecule has 0 unspecified atom stereocenters. The van der Waals surface area contributed by atoms with E-state index in [1.165, 1.54) is 25.7 Å². The largest absolute Gasteiger partial charge is 0.469 e. The Morgan fingerprint density at radius 1 is 1.31 bits per heavy atom. The van der Waals surface area contributed by atoms with Crippen molar-refractivity contribution in [1.29, 1.82) is 0 Å². The third kappa shape index (κ3) is 3.40. The van der Waals surface area contributed by atoms with Crippen LogP contribution in [0.3, 0.4) is 0 Å². The van der Waals surface area contributed by atoms with Gasteiger partial charge in [0.1, 0.15) is 5.76 Å². The lowest BCUT2D eigenvalue weighted by Crippen LogP contribution is -2.35. The predicted octanol–water partition coefficient (Wildman–Crippen LogP) is 2.66. The summed E-state index contributed by atoms with van der Waals surface area (Å²) in [5, 5.41) is 3.10. The standard InChI is InChI=1S/C13H19NO2/c15-13(10-12-8-5-9-16-12)14-11-6-3-1-2-4-7-11/h5,8-9,11H,1-4,6-7,10H2,(H,14,15). The Hall–Kier alpha value is -1.25. The predicted molar refractivity (Wildman–Crippen MR) is 62.0 cm³/mol. The van der Waals surface area contributed by atoms with Gasteiger partial charge in [-0.25, -0.2) is 0 Å². The van der Waals surface area contributed by atoms with E-state index in [0.717, 1.165) is 18.6 Å². The van der Waals surface area contributed by atoms with Gasteiger partial charge in [-0.1, -0.05) is 25.7 Å². The molecule has 1 aromatic rings. The first-order valence-corrected chi connectivity index (χ1v) is 6.16. The van der Waals surface area contributed by atoms with Gasteiger partial charge in [-0.2, -0.15) is 0 Å². The van der Waals surface area contributed by atoms with E-state index in [0.29, 0.717) is 12.5 Å². The van der Waals surface area contributed by atoms with Gasteiger partial charge < -0.3 is 9.73 Å². The minimum atomic E-state index is 0.0850. The van der Waals surface area contributed by atoms with Crippen LogP contribution in [0, 0.1) is 0 Å². The maximum Gasteiger partial charge on any atom is 0.227 e. The van der Waals surface area contributed by atoms with Crippen LogP contribution in [0.1, 0.15) is 44.3 Å². The molecule has 0 aromatic carbocycles. The fourth-order valence-corrected chi connectivity index (χ4v) is 2.27. The molecule has 0 saturated heterocycles. The Bertz CT molecular complexity index is 311. The van der Waals surface area contributed by atoms with Crippen molar-refractivity contribution < 1.29 is 9.21 Å². The maximum atomic E-state index is 11.7. The second-order valence-electron chi connectivity index (χ2n) is 4.51. The van der Waals surface area contributed by atoms with Crippen molar-refractivity contribution in [2.24, 2.45) is 0 Å². The van der Waals surface area contributed by atoms with Gasteiger partial charge in [0.15, 0.2) is 0 Å². The number of amides is 1. The summed E-state index contributed by atoms with van der Waals surface area (Å²) >= 11 is 0. The van der Waals surface area contributed by atoms with Crippen LogP contribution in [0.5, 0.6) is 0 Å². The topological polar surface area (TPSA) is 42.2 Å². The van der Waals surface area contributed by atoms with Crippen molar-refractivity contribution in [1.82, 2.24) is 5.32 Å². The fourth-order valence-electron chi connectivity index (χ4n) is 2.27. The van der Waals surface area contributed by atoms with E-state index >= 15 is 0 Å². The van der Waals surface area contributed by atoms with E-state index in [1.54, 1.807) is 6.26 Å². The highest BCUT2D eigenvalue weighted by molar-refractivity contribution is 5.78. The number of carbonyl (C=O) groups is 1. The van der Waals surface area contributed by atoms with E-state index < -0.39 is 0 Å². The summed E-state index contributed by atoms with van der Waals surface area (Å²) in [6, 6.07) is 4.03. The lowest BCUT2D eigenvalue weighted by atomic mass is 10.1. The van der Waals surface area contributed by atoms with E-state index in [2.05, 4.69) is 5.32 Å². The third-order valence-electron chi connectivity index (χ3n) is 3.14. The first kappa shape index (κ1) is 11.2. The molecule has 0 bridgehead atoms. The second kappa shape index (κ2) is 5.73. The number of rotatable bonds is 3. The Morgan fingerprint density at radius 2 is 2.06 bits per heavy atom. The quantitative estimate of drug-likeness (QED) is 0.797. The molecule has 0 spiro atoms. The van der Waals surface area contributed by atoms with Crippen LogP contribution in [0.15, 0.2) is 22.8 Å². The maximum absolute atomic E-state index is 11.7. The normalized spacial score (nSPS) is 18.0. The zero-order valence-electron chi connectivity index (χ0n) is 9.58. The minimum absolute atomic E-state index is 0.0850. The molecule has 1 saturated carbocycles. The monoisotopic (exact) mass is 221 g/mol. The van der Waals surface area contributed by atoms with Crippen molar-refractivity contribution in [2.45, 2.75) is 51.0 Å². The number of nitrogens with one attached hydrogen (secondary N) is 1. The van der Waals surface area contributed by atoms with Gasteiger partial charge in [-0.3, -0.25) is 4.79 Å². The molecule has 2 rings (SSSR count). The summed E-state index contributed by atoms with van der Waals surface area (Å²) in [6.45, 7) is 0. The third-order valence-corrected chi connectivity index (χ3v) is 3.14. The van der Waals surface area contributed by atoms with Crippen LogP contribution in [0.2, 0.25) is 0 Å². The van der Waals surface area contributed by atoms with Crippen molar-refractivity contribution in [3.8, 4) is 0 Å². The van der Waals surface area contributed by atoms with Crippen LogP contribution in [0.4, 0.5) is 0 Å². The summed E-state index contributed by atoms with van der Waals surface area (Å²) in [4.78, 5) is 11.7. The SMILES string of the molecule is O=C(Cc1ccco1)NC1CCCCCC1. The molecule has 1 N–H and O–H groups in total. The lowest BCUT2D eigenvalue weighted by Gasteiger charge is -2.15. The van der Waals surface area contributed by atoms with Crippen molar-refractivity contribution in [3.63, 3.8) is 0 Å². The molecule has 1 amide bonds. The first-order valence-electron chi connectivity index (χ1n) is 6.16. The first-order chi connectivity index (χ1) is 7.84. The Labute approximate surface area is 96.2 Å². The van der Waals surface area contributed by atoms with Crippen LogP contribution >= 0.6 is 0 Å². The molecule has 1 heterocycles. The molecule has 0 aliphatic heterocycles. The summed E-state index contributed by atoms with van der Waals surface area (Å²) in [5.41, 5.74) is 0. The van der Waals surface area contributed by atoms with Gasteiger partial charge in [-0.15, -0.1) is 0 Å². The molecular formula is C13H19NO2. The van der Waals surface area contributed by atoms with Gasteiger partial charge in [0.2, 0.25) is 5.91 Å². The Morgan fingerprint density at radius 3 is 2.69 bits per heavy atom. The zero-order valence-corrected chi connectivity index (χ0v) is 9.58. The molecule has 1 aliphatic rings. The lowest BCUT2D eigenvalue weighted by molar-refractivity contribution is -0.121. The number of furan rings is 1. The van der Waals surface area contributed by atoms with Crippen LogP contribution < -0.4 is 5.32 Å². The van der Waals surface area contributed by atoms with E-state index in [1.807, 2.05) is 12.1 Å². The van der Waals surface area contributed by atoms with Crippen LogP contribution in [-0.4, -0.2) is 11.9 Å².